The van der Waals surface area contributed by atoms with Crippen LogP contribution in [-0.4, -0.2) is 16.1 Å². The Kier molecular flexibility index (Phi) is 3.43. The van der Waals surface area contributed by atoms with Crippen LogP contribution in [0, 0.1) is 0 Å². The van der Waals surface area contributed by atoms with Crippen molar-refractivity contribution >= 4 is 5.97 Å². The largest absolute Gasteiger partial charge is 0.477 e. The van der Waals surface area contributed by atoms with Gasteiger partial charge in [-0.15, -0.1) is 0 Å². The highest BCUT2D eigenvalue weighted by Crippen LogP contribution is 2.03. The first-order valence-electron chi connectivity index (χ1n) is 4.43. The van der Waals surface area contributed by atoms with Gasteiger partial charge in [0.2, 0.25) is 0 Å². The number of carbonyl (C=O) groups is 1. The molecule has 0 atom stereocenters. The summed E-state index contributed by atoms with van der Waals surface area (Å²) in [6.45, 7) is 2.10. The predicted molar refractivity (Wildman–Crippen MR) is 49.8 cm³/mol. The number of nitrogens with zero attached hydrogens (tertiary/aromatic N) is 1. The van der Waals surface area contributed by atoms with E-state index in [1.807, 2.05) is 6.07 Å². The maximum absolute atomic E-state index is 10.6. The summed E-state index contributed by atoms with van der Waals surface area (Å²) >= 11 is 0. The fourth-order valence-corrected chi connectivity index (χ4v) is 1.10. The molecule has 1 N–H and O–H groups in total. The molecule has 1 aromatic rings. The average Bonchev–Trinajstić information content (AvgIpc) is 2.15. The van der Waals surface area contributed by atoms with Gasteiger partial charge in [0.05, 0.1) is 0 Å². The number of carboxylic acids is 1. The second-order valence-corrected chi connectivity index (χ2v) is 2.92. The number of hydrogen-bond donors (Lipinski definition) is 1. The Labute approximate surface area is 77.4 Å². The molecule has 0 fully saturated rings. The molecule has 0 unspecified atom stereocenters. The minimum atomic E-state index is -0.960. The minimum Gasteiger partial charge on any atom is -0.477 e. The van der Waals surface area contributed by atoms with E-state index in [4.69, 9.17) is 5.11 Å². The molecule has 0 radical (unpaired) electrons. The monoisotopic (exact) mass is 179 g/mol. The Morgan fingerprint density at radius 1 is 1.54 bits per heavy atom. The van der Waals surface area contributed by atoms with Gasteiger partial charge in [0.25, 0.3) is 0 Å². The Hall–Kier alpha value is -1.38. The molecular weight excluding hydrogens is 166 g/mol. The van der Waals surface area contributed by atoms with Crippen LogP contribution in [0.5, 0.6) is 0 Å². The molecular formula is C10H13NO2. The van der Waals surface area contributed by atoms with Gasteiger partial charge in [-0.05, 0) is 25.0 Å². The molecule has 70 valence electrons. The second-order valence-electron chi connectivity index (χ2n) is 2.92. The maximum Gasteiger partial charge on any atom is 0.354 e. The zero-order valence-corrected chi connectivity index (χ0v) is 7.66. The number of aromatic nitrogens is 1. The average molecular weight is 179 g/mol. The third-order valence-corrected chi connectivity index (χ3v) is 1.81. The number of unbranched alkanes of at least 4 members (excludes halogenated alkanes) is 1. The molecule has 0 aliphatic heterocycles. The summed E-state index contributed by atoms with van der Waals surface area (Å²) < 4.78 is 0. The molecule has 1 aromatic heterocycles. The van der Waals surface area contributed by atoms with Gasteiger partial charge in [-0.25, -0.2) is 9.78 Å². The maximum atomic E-state index is 10.6. The second kappa shape index (κ2) is 4.60. The van der Waals surface area contributed by atoms with Crippen molar-refractivity contribution in [3.05, 3.63) is 29.6 Å². The van der Waals surface area contributed by atoms with E-state index in [1.54, 1.807) is 6.07 Å². The van der Waals surface area contributed by atoms with Gasteiger partial charge < -0.3 is 5.11 Å². The molecule has 0 aromatic carbocycles. The number of rotatable bonds is 4. The Balaban J connectivity index is 2.73. The van der Waals surface area contributed by atoms with Crippen LogP contribution in [0.15, 0.2) is 18.2 Å². The Morgan fingerprint density at radius 3 is 2.92 bits per heavy atom. The summed E-state index contributed by atoms with van der Waals surface area (Å²) in [5.41, 5.74) is 0.996. The Morgan fingerprint density at radius 2 is 2.31 bits per heavy atom. The van der Waals surface area contributed by atoms with Crippen LogP contribution < -0.4 is 0 Å². The van der Waals surface area contributed by atoms with E-state index < -0.39 is 5.97 Å². The molecule has 3 heteroatoms. The van der Waals surface area contributed by atoms with E-state index in [0.717, 1.165) is 25.0 Å². The fraction of sp³-hybridized carbons (Fsp3) is 0.400. The fourth-order valence-electron chi connectivity index (χ4n) is 1.10. The molecule has 1 rings (SSSR count). The van der Waals surface area contributed by atoms with Crippen LogP contribution in [-0.2, 0) is 6.42 Å². The van der Waals surface area contributed by atoms with Crippen LogP contribution in [0.4, 0.5) is 0 Å². The third-order valence-electron chi connectivity index (χ3n) is 1.81. The van der Waals surface area contributed by atoms with Crippen molar-refractivity contribution in [1.29, 1.82) is 0 Å². The summed E-state index contributed by atoms with van der Waals surface area (Å²) in [5.74, 6) is -0.960. The highest BCUT2D eigenvalue weighted by molar-refractivity contribution is 5.85. The van der Waals surface area contributed by atoms with Gasteiger partial charge in [-0.1, -0.05) is 19.4 Å². The number of aryl methyl sites for hydroxylation is 1. The van der Waals surface area contributed by atoms with Gasteiger partial charge in [0.15, 0.2) is 0 Å². The van der Waals surface area contributed by atoms with E-state index in [-0.39, 0.29) is 5.69 Å². The summed E-state index contributed by atoms with van der Waals surface area (Å²) in [4.78, 5) is 14.6. The number of aromatic carboxylic acids is 1. The van der Waals surface area contributed by atoms with Crippen molar-refractivity contribution in [2.75, 3.05) is 0 Å². The van der Waals surface area contributed by atoms with E-state index in [9.17, 15) is 4.79 Å². The lowest BCUT2D eigenvalue weighted by molar-refractivity contribution is 0.0690. The lowest BCUT2D eigenvalue weighted by atomic mass is 10.2. The van der Waals surface area contributed by atoms with Gasteiger partial charge in [0.1, 0.15) is 5.69 Å². The van der Waals surface area contributed by atoms with E-state index in [1.165, 1.54) is 6.07 Å². The van der Waals surface area contributed by atoms with Crippen molar-refractivity contribution in [1.82, 2.24) is 4.98 Å². The molecule has 0 spiro atoms. The van der Waals surface area contributed by atoms with Gasteiger partial charge in [-0.2, -0.15) is 0 Å². The smallest absolute Gasteiger partial charge is 0.354 e. The SMILES string of the molecule is CCCCc1cccc(C(=O)O)n1. The standard InChI is InChI=1S/C10H13NO2/c1-2-3-5-8-6-4-7-9(11-8)10(12)13/h4,6-7H,2-3,5H2,1H3,(H,12,13). The minimum absolute atomic E-state index is 0.133. The normalized spacial score (nSPS) is 9.92. The molecule has 0 saturated carbocycles. The molecule has 0 aliphatic rings. The third kappa shape index (κ3) is 2.86. The van der Waals surface area contributed by atoms with Crippen LogP contribution in [0.1, 0.15) is 35.9 Å². The van der Waals surface area contributed by atoms with E-state index >= 15 is 0 Å². The van der Waals surface area contributed by atoms with Crippen LogP contribution >= 0.6 is 0 Å². The van der Waals surface area contributed by atoms with Crippen molar-refractivity contribution < 1.29 is 9.90 Å². The summed E-state index contributed by atoms with van der Waals surface area (Å²) in [6, 6.07) is 5.11. The lowest BCUT2D eigenvalue weighted by Crippen LogP contribution is -2.02. The molecule has 0 saturated heterocycles. The molecule has 13 heavy (non-hydrogen) atoms. The quantitative estimate of drug-likeness (QED) is 0.770. The zero-order valence-electron chi connectivity index (χ0n) is 7.66. The molecule has 1 heterocycles. The topological polar surface area (TPSA) is 50.2 Å². The molecule has 0 amide bonds. The highest BCUT2D eigenvalue weighted by atomic mass is 16.4. The van der Waals surface area contributed by atoms with Crippen molar-refractivity contribution in [2.45, 2.75) is 26.2 Å². The first kappa shape index (κ1) is 9.71. The van der Waals surface area contributed by atoms with Crippen molar-refractivity contribution in [2.24, 2.45) is 0 Å². The van der Waals surface area contributed by atoms with Crippen molar-refractivity contribution in [3.63, 3.8) is 0 Å². The van der Waals surface area contributed by atoms with Crippen LogP contribution in [0.2, 0.25) is 0 Å². The van der Waals surface area contributed by atoms with Crippen molar-refractivity contribution in [3.8, 4) is 0 Å². The number of hydrogen-bond acceptors (Lipinski definition) is 2. The Bertz CT molecular complexity index is 297. The number of pyridine rings is 1. The van der Waals surface area contributed by atoms with E-state index in [0.29, 0.717) is 0 Å². The zero-order chi connectivity index (χ0) is 9.68. The van der Waals surface area contributed by atoms with Gasteiger partial charge >= 0.3 is 5.97 Å². The summed E-state index contributed by atoms with van der Waals surface area (Å²) in [5, 5.41) is 8.67. The molecule has 3 nitrogen and oxygen atoms in total. The van der Waals surface area contributed by atoms with E-state index in [2.05, 4.69) is 11.9 Å². The lowest BCUT2D eigenvalue weighted by Gasteiger charge is -1.99. The first-order chi connectivity index (χ1) is 6.24. The van der Waals surface area contributed by atoms with Gasteiger partial charge in [-0.3, -0.25) is 0 Å². The predicted octanol–water partition coefficient (Wildman–Crippen LogP) is 2.12. The molecule has 0 aliphatic carbocycles. The van der Waals surface area contributed by atoms with Crippen LogP contribution in [0.25, 0.3) is 0 Å². The summed E-state index contributed by atoms with van der Waals surface area (Å²) in [6.07, 6.45) is 3.01. The molecule has 0 bridgehead atoms. The van der Waals surface area contributed by atoms with Crippen LogP contribution in [0.3, 0.4) is 0 Å². The highest BCUT2D eigenvalue weighted by Gasteiger charge is 2.03. The summed E-state index contributed by atoms with van der Waals surface area (Å²) in [7, 11) is 0. The number of carboxylic acid groups (broad SMARTS) is 1. The first-order valence-corrected chi connectivity index (χ1v) is 4.43. The van der Waals surface area contributed by atoms with Gasteiger partial charge in [0, 0.05) is 5.69 Å².